The molecule has 0 saturated heterocycles. The Balaban J connectivity index is 2.70. The van der Waals surface area contributed by atoms with Crippen LogP contribution in [0.2, 0.25) is 0 Å². The zero-order valence-corrected chi connectivity index (χ0v) is 9.63. The predicted octanol–water partition coefficient (Wildman–Crippen LogP) is 0.832. The lowest BCUT2D eigenvalue weighted by Gasteiger charge is -2.15. The molecule has 3 N–H and O–H groups in total. The SMILES string of the molecule is CCN(C)C(=O)CNc1nc(N)c(F)cc1F. The molecule has 0 aliphatic heterocycles. The van der Waals surface area contributed by atoms with Gasteiger partial charge in [-0.1, -0.05) is 0 Å². The van der Waals surface area contributed by atoms with Gasteiger partial charge in [0.2, 0.25) is 5.91 Å². The average Bonchev–Trinajstić information content (AvgIpc) is 2.30. The van der Waals surface area contributed by atoms with Crippen molar-refractivity contribution in [3.63, 3.8) is 0 Å². The fraction of sp³-hybridized carbons (Fsp3) is 0.400. The summed E-state index contributed by atoms with van der Waals surface area (Å²) < 4.78 is 26.0. The fourth-order valence-corrected chi connectivity index (χ4v) is 1.08. The first kappa shape index (κ1) is 13.1. The number of aromatic nitrogens is 1. The van der Waals surface area contributed by atoms with Gasteiger partial charge in [-0.3, -0.25) is 4.79 Å². The van der Waals surface area contributed by atoms with Crippen LogP contribution in [0.5, 0.6) is 0 Å². The highest BCUT2D eigenvalue weighted by atomic mass is 19.1. The third kappa shape index (κ3) is 3.27. The second-order valence-electron chi connectivity index (χ2n) is 3.45. The van der Waals surface area contributed by atoms with E-state index in [1.165, 1.54) is 4.90 Å². The van der Waals surface area contributed by atoms with E-state index in [1.807, 2.05) is 6.92 Å². The van der Waals surface area contributed by atoms with Gasteiger partial charge in [-0.15, -0.1) is 0 Å². The maximum absolute atomic E-state index is 13.2. The lowest BCUT2D eigenvalue weighted by molar-refractivity contribution is -0.127. The number of amides is 1. The predicted molar refractivity (Wildman–Crippen MR) is 60.4 cm³/mol. The minimum Gasteiger partial charge on any atom is -0.381 e. The smallest absolute Gasteiger partial charge is 0.241 e. The number of nitrogen functional groups attached to an aromatic ring is 1. The van der Waals surface area contributed by atoms with Gasteiger partial charge in [-0.25, -0.2) is 13.8 Å². The monoisotopic (exact) mass is 244 g/mol. The number of nitrogens with one attached hydrogen (secondary N) is 1. The van der Waals surface area contributed by atoms with Crippen LogP contribution in [-0.2, 0) is 4.79 Å². The molecular weight excluding hydrogens is 230 g/mol. The third-order valence-corrected chi connectivity index (χ3v) is 2.26. The molecule has 0 fully saturated rings. The molecule has 0 aliphatic carbocycles. The molecule has 5 nitrogen and oxygen atoms in total. The van der Waals surface area contributed by atoms with E-state index >= 15 is 0 Å². The van der Waals surface area contributed by atoms with E-state index in [-0.39, 0.29) is 18.3 Å². The van der Waals surface area contributed by atoms with Crippen LogP contribution in [0.25, 0.3) is 0 Å². The molecule has 0 radical (unpaired) electrons. The molecule has 0 aliphatic rings. The summed E-state index contributed by atoms with van der Waals surface area (Å²) in [4.78, 5) is 16.3. The summed E-state index contributed by atoms with van der Waals surface area (Å²) in [6.45, 7) is 2.23. The number of rotatable bonds is 4. The Hall–Kier alpha value is -1.92. The van der Waals surface area contributed by atoms with Crippen LogP contribution in [0.4, 0.5) is 20.4 Å². The summed E-state index contributed by atoms with van der Waals surface area (Å²) in [6, 6.07) is 0.624. The fourth-order valence-electron chi connectivity index (χ4n) is 1.08. The highest BCUT2D eigenvalue weighted by molar-refractivity contribution is 5.80. The van der Waals surface area contributed by atoms with Gasteiger partial charge in [-0.05, 0) is 6.92 Å². The van der Waals surface area contributed by atoms with Crippen LogP contribution in [0, 0.1) is 11.6 Å². The van der Waals surface area contributed by atoms with Gasteiger partial charge < -0.3 is 16.0 Å². The van der Waals surface area contributed by atoms with Gasteiger partial charge in [0.25, 0.3) is 0 Å². The number of nitrogens with two attached hydrogens (primary N) is 1. The molecule has 1 amide bonds. The van der Waals surface area contributed by atoms with Gasteiger partial charge >= 0.3 is 0 Å². The van der Waals surface area contributed by atoms with Crippen molar-refractivity contribution in [1.29, 1.82) is 0 Å². The average molecular weight is 244 g/mol. The lowest BCUT2D eigenvalue weighted by Crippen LogP contribution is -2.32. The molecule has 7 heteroatoms. The second-order valence-corrected chi connectivity index (χ2v) is 3.45. The van der Waals surface area contributed by atoms with E-state index in [2.05, 4.69) is 10.3 Å². The minimum atomic E-state index is -0.926. The van der Waals surface area contributed by atoms with Crippen molar-refractivity contribution in [2.75, 3.05) is 31.2 Å². The summed E-state index contributed by atoms with van der Waals surface area (Å²) in [6.07, 6.45) is 0. The number of hydrogen-bond donors (Lipinski definition) is 2. The first-order valence-corrected chi connectivity index (χ1v) is 5.05. The van der Waals surface area contributed by atoms with Gasteiger partial charge in [0.05, 0.1) is 6.54 Å². The summed E-state index contributed by atoms with van der Waals surface area (Å²) in [7, 11) is 1.62. The van der Waals surface area contributed by atoms with E-state index in [0.717, 1.165) is 0 Å². The number of pyridine rings is 1. The van der Waals surface area contributed by atoms with Crippen LogP contribution in [0.15, 0.2) is 6.07 Å². The highest BCUT2D eigenvalue weighted by Gasteiger charge is 2.12. The van der Waals surface area contributed by atoms with E-state index in [9.17, 15) is 13.6 Å². The molecule has 1 aromatic rings. The Morgan fingerprint density at radius 2 is 2.18 bits per heavy atom. The van der Waals surface area contributed by atoms with Gasteiger partial charge in [0, 0.05) is 19.7 Å². The molecule has 0 spiro atoms. The maximum Gasteiger partial charge on any atom is 0.241 e. The summed E-state index contributed by atoms with van der Waals surface area (Å²) >= 11 is 0. The van der Waals surface area contributed by atoms with Crippen molar-refractivity contribution in [3.8, 4) is 0 Å². The highest BCUT2D eigenvalue weighted by Crippen LogP contribution is 2.16. The van der Waals surface area contributed by atoms with Crippen LogP contribution in [0.3, 0.4) is 0 Å². The molecular formula is C10H14F2N4O. The van der Waals surface area contributed by atoms with Crippen molar-refractivity contribution < 1.29 is 13.6 Å². The topological polar surface area (TPSA) is 71.2 Å². The van der Waals surface area contributed by atoms with Gasteiger partial charge in [-0.2, -0.15) is 0 Å². The number of hydrogen-bond acceptors (Lipinski definition) is 4. The normalized spacial score (nSPS) is 10.1. The molecule has 0 bridgehead atoms. The molecule has 1 rings (SSSR count). The van der Waals surface area contributed by atoms with Crippen LogP contribution in [0.1, 0.15) is 6.92 Å². The van der Waals surface area contributed by atoms with E-state index in [1.54, 1.807) is 7.05 Å². The maximum atomic E-state index is 13.2. The van der Waals surface area contributed by atoms with Crippen molar-refractivity contribution >= 4 is 17.5 Å². The number of anilines is 2. The number of carbonyl (C=O) groups is 1. The second kappa shape index (κ2) is 5.42. The largest absolute Gasteiger partial charge is 0.381 e. The number of halogens is 2. The Morgan fingerprint density at radius 1 is 1.53 bits per heavy atom. The third-order valence-electron chi connectivity index (χ3n) is 2.26. The number of likely N-dealkylation sites (N-methyl/N-ethyl adjacent to an activating group) is 1. The minimum absolute atomic E-state index is 0.126. The molecule has 0 aromatic carbocycles. The molecule has 0 saturated carbocycles. The van der Waals surface area contributed by atoms with Crippen molar-refractivity contribution in [2.45, 2.75) is 6.92 Å². The first-order chi connectivity index (χ1) is 7.95. The Labute approximate surface area is 97.6 Å². The summed E-state index contributed by atoms with van der Waals surface area (Å²) in [5.74, 6) is -2.68. The van der Waals surface area contributed by atoms with E-state index in [4.69, 9.17) is 5.73 Å². The van der Waals surface area contributed by atoms with Crippen molar-refractivity contribution in [1.82, 2.24) is 9.88 Å². The summed E-state index contributed by atoms with van der Waals surface area (Å²) in [5, 5.41) is 2.47. The van der Waals surface area contributed by atoms with Crippen molar-refractivity contribution in [3.05, 3.63) is 17.7 Å². The van der Waals surface area contributed by atoms with Crippen molar-refractivity contribution in [2.24, 2.45) is 0 Å². The Kier molecular flexibility index (Phi) is 4.19. The van der Waals surface area contributed by atoms with Crippen LogP contribution >= 0.6 is 0 Å². The zero-order chi connectivity index (χ0) is 13.0. The first-order valence-electron chi connectivity index (χ1n) is 5.05. The van der Waals surface area contributed by atoms with Crippen LogP contribution in [-0.4, -0.2) is 35.9 Å². The molecule has 17 heavy (non-hydrogen) atoms. The van der Waals surface area contributed by atoms with Gasteiger partial charge in [0.15, 0.2) is 23.3 Å². The quantitative estimate of drug-likeness (QED) is 0.823. The standard InChI is InChI=1S/C10H14F2N4O/c1-3-16(2)8(17)5-14-10-7(12)4-6(11)9(13)15-10/h4H,3,5H2,1-2H3,(H3,13,14,15). The lowest BCUT2D eigenvalue weighted by atomic mass is 10.4. The van der Waals surface area contributed by atoms with E-state index in [0.29, 0.717) is 12.6 Å². The molecule has 94 valence electrons. The number of carbonyl (C=O) groups excluding carboxylic acids is 1. The Bertz CT molecular complexity index is 425. The molecule has 1 aromatic heterocycles. The van der Waals surface area contributed by atoms with Gasteiger partial charge in [0.1, 0.15) is 0 Å². The zero-order valence-electron chi connectivity index (χ0n) is 9.63. The van der Waals surface area contributed by atoms with E-state index < -0.39 is 17.5 Å². The molecule has 0 unspecified atom stereocenters. The molecule has 1 heterocycles. The molecule has 0 atom stereocenters. The number of nitrogens with zero attached hydrogens (tertiary/aromatic N) is 2. The Morgan fingerprint density at radius 3 is 2.76 bits per heavy atom. The summed E-state index contributed by atoms with van der Waals surface area (Å²) in [5.41, 5.74) is 5.19. The van der Waals surface area contributed by atoms with Crippen LogP contribution < -0.4 is 11.1 Å².